The van der Waals surface area contributed by atoms with Gasteiger partial charge in [-0.1, -0.05) is 129 Å². The van der Waals surface area contributed by atoms with Crippen molar-refractivity contribution in [1.82, 2.24) is 0 Å². The van der Waals surface area contributed by atoms with Gasteiger partial charge in [-0.05, 0) is 12.8 Å². The van der Waals surface area contributed by atoms with Crippen LogP contribution in [0.5, 0.6) is 0 Å². The molecule has 7 nitrogen and oxygen atoms in total. The van der Waals surface area contributed by atoms with Crippen molar-refractivity contribution in [3.63, 3.8) is 0 Å². The molecule has 0 heterocycles. The Hall–Kier alpha value is -1.63. The zero-order chi connectivity index (χ0) is 26.9. The molecule has 2 N–H and O–H groups in total. The van der Waals surface area contributed by atoms with Crippen LogP contribution in [-0.4, -0.2) is 58.8 Å². The van der Waals surface area contributed by atoms with E-state index in [2.05, 4.69) is 6.92 Å². The third-order valence-electron chi connectivity index (χ3n) is 7.14. The molecule has 0 radical (unpaired) electrons. The summed E-state index contributed by atoms with van der Waals surface area (Å²) in [5.41, 5.74) is 0. The monoisotopic (exact) mass is 513 g/mol. The lowest BCUT2D eigenvalue weighted by atomic mass is 10.0. The van der Waals surface area contributed by atoms with E-state index >= 15 is 0 Å². The first-order valence-corrected chi connectivity index (χ1v) is 14.8. The fourth-order valence-electron chi connectivity index (χ4n) is 5.13. The average molecular weight is 514 g/mol. The third kappa shape index (κ3) is 22.8. The highest BCUT2D eigenvalue weighted by Crippen LogP contribution is 2.16. The Morgan fingerprint density at radius 2 is 0.778 bits per heavy atom. The van der Waals surface area contributed by atoms with Crippen LogP contribution in [0, 0.1) is 0 Å². The Morgan fingerprint density at radius 3 is 1.03 bits per heavy atom. The minimum atomic E-state index is -1.42. The number of nitrogens with zero attached hydrogens (tertiary/aromatic N) is 1. The maximum atomic E-state index is 11.2. The van der Waals surface area contributed by atoms with E-state index in [-0.39, 0.29) is 6.54 Å². The summed E-state index contributed by atoms with van der Waals surface area (Å²) in [6.07, 6.45) is 26.7. The van der Waals surface area contributed by atoms with Crippen molar-refractivity contribution < 1.29 is 34.2 Å². The highest BCUT2D eigenvalue weighted by Gasteiger charge is 2.33. The van der Waals surface area contributed by atoms with Crippen LogP contribution in [0.3, 0.4) is 0 Å². The van der Waals surface area contributed by atoms with Gasteiger partial charge in [-0.25, -0.2) is 9.59 Å². The second-order valence-electron chi connectivity index (χ2n) is 10.8. The third-order valence-corrected chi connectivity index (χ3v) is 7.14. The summed E-state index contributed by atoms with van der Waals surface area (Å²) in [5, 5.41) is 29.3. The van der Waals surface area contributed by atoms with Crippen molar-refractivity contribution >= 4 is 17.9 Å². The Balaban J connectivity index is 3.62. The molecule has 36 heavy (non-hydrogen) atoms. The van der Waals surface area contributed by atoms with E-state index in [9.17, 15) is 19.5 Å². The Kier molecular flexibility index (Phi) is 22.7. The van der Waals surface area contributed by atoms with Gasteiger partial charge >= 0.3 is 11.9 Å². The number of carboxylic acid groups (broad SMARTS) is 3. The van der Waals surface area contributed by atoms with Gasteiger partial charge in [0.15, 0.2) is 13.1 Å². The molecule has 0 aromatic rings. The quantitative estimate of drug-likeness (QED) is 0.0989. The summed E-state index contributed by atoms with van der Waals surface area (Å²) >= 11 is 0. The first kappa shape index (κ1) is 34.4. The highest BCUT2D eigenvalue weighted by atomic mass is 16.4. The predicted molar refractivity (Wildman–Crippen MR) is 143 cm³/mol. The van der Waals surface area contributed by atoms with E-state index in [1.54, 1.807) is 0 Å². The van der Waals surface area contributed by atoms with Crippen LogP contribution in [0.15, 0.2) is 0 Å². The summed E-state index contributed by atoms with van der Waals surface area (Å²) in [6, 6.07) is 0. The number of unbranched alkanes of at least 4 members (excludes halogenated alkanes) is 20. The van der Waals surface area contributed by atoms with Crippen molar-refractivity contribution in [2.24, 2.45) is 0 Å². The summed E-state index contributed by atoms with van der Waals surface area (Å²) in [6.45, 7) is 0.881. The van der Waals surface area contributed by atoms with Crippen LogP contribution < -0.4 is 5.11 Å². The Morgan fingerprint density at radius 1 is 0.500 bits per heavy atom. The van der Waals surface area contributed by atoms with Gasteiger partial charge in [-0.15, -0.1) is 0 Å². The van der Waals surface area contributed by atoms with Crippen LogP contribution in [0.2, 0.25) is 0 Å². The molecular formula is C29H55NO6. The minimum absolute atomic E-state index is 0.228. The number of carbonyl (C=O) groups excluding carboxylic acids is 1. The van der Waals surface area contributed by atoms with Crippen LogP contribution in [0.25, 0.3) is 0 Å². The van der Waals surface area contributed by atoms with Gasteiger partial charge in [-0.3, -0.25) is 0 Å². The Bertz CT molecular complexity index is 525. The fraction of sp³-hybridized carbons (Fsp3) is 0.897. The molecule has 0 bridgehead atoms. The second-order valence-corrected chi connectivity index (χ2v) is 10.8. The zero-order valence-corrected chi connectivity index (χ0v) is 23.2. The topological polar surface area (TPSA) is 115 Å². The molecule has 7 heteroatoms. The number of hydrogen-bond acceptors (Lipinski definition) is 4. The van der Waals surface area contributed by atoms with E-state index < -0.39 is 42.0 Å². The standard InChI is InChI=1S/C29H55NO6/c1-2-3-4-5-6-7-8-9-10-11-12-13-14-15-16-17-18-19-20-21-22-23-30(24-27(31)32,25-28(33)34)26-29(35)36/h2-26H2,1H3,(H2-,31,32,33,34,35,36). The van der Waals surface area contributed by atoms with Crippen molar-refractivity contribution in [3.8, 4) is 0 Å². The number of hydrogen-bond donors (Lipinski definition) is 2. The lowest BCUT2D eigenvalue weighted by Gasteiger charge is -2.36. The highest BCUT2D eigenvalue weighted by molar-refractivity contribution is 5.72. The van der Waals surface area contributed by atoms with Crippen molar-refractivity contribution in [2.45, 2.75) is 142 Å². The second kappa shape index (κ2) is 23.7. The SMILES string of the molecule is CCCCCCCCCCCCCCCCCCCCCCC[N+](CC(=O)[O-])(CC(=O)O)CC(=O)O. The van der Waals surface area contributed by atoms with Gasteiger partial charge in [0.1, 0.15) is 6.54 Å². The molecule has 0 atom stereocenters. The van der Waals surface area contributed by atoms with Crippen LogP contribution in [-0.2, 0) is 14.4 Å². The van der Waals surface area contributed by atoms with E-state index in [4.69, 9.17) is 10.2 Å². The molecule has 0 saturated carbocycles. The molecule has 0 fully saturated rings. The predicted octanol–water partition coefficient (Wildman–Crippen LogP) is 5.93. The first-order chi connectivity index (χ1) is 17.3. The number of rotatable bonds is 28. The molecule has 0 aromatic heterocycles. The average Bonchev–Trinajstić information content (AvgIpc) is 2.78. The van der Waals surface area contributed by atoms with Gasteiger partial charge in [0.25, 0.3) is 0 Å². The fourth-order valence-corrected chi connectivity index (χ4v) is 5.13. The minimum Gasteiger partial charge on any atom is -0.544 e. The number of carboxylic acids is 3. The normalized spacial score (nSPS) is 11.6. The summed E-state index contributed by atoms with van der Waals surface area (Å²) in [4.78, 5) is 33.4. The van der Waals surface area contributed by atoms with Crippen molar-refractivity contribution in [1.29, 1.82) is 0 Å². The number of quaternary nitrogens is 1. The maximum absolute atomic E-state index is 11.2. The van der Waals surface area contributed by atoms with Crippen molar-refractivity contribution in [2.75, 3.05) is 26.2 Å². The molecule has 0 saturated heterocycles. The summed E-state index contributed by atoms with van der Waals surface area (Å²) in [7, 11) is 0. The van der Waals surface area contributed by atoms with Gasteiger partial charge in [0.05, 0.1) is 12.5 Å². The van der Waals surface area contributed by atoms with Gasteiger partial charge in [0.2, 0.25) is 0 Å². The molecule has 0 spiro atoms. The Labute approximate surface area is 220 Å². The summed E-state index contributed by atoms with van der Waals surface area (Å²) < 4.78 is -0.494. The number of carbonyl (C=O) groups is 3. The van der Waals surface area contributed by atoms with Crippen LogP contribution in [0.4, 0.5) is 0 Å². The van der Waals surface area contributed by atoms with Crippen LogP contribution in [0.1, 0.15) is 142 Å². The van der Waals surface area contributed by atoms with Gasteiger partial charge < -0.3 is 24.6 Å². The maximum Gasteiger partial charge on any atom is 0.359 e. The molecule has 0 aliphatic heterocycles. The first-order valence-electron chi connectivity index (χ1n) is 14.8. The summed E-state index contributed by atoms with van der Waals surface area (Å²) in [5.74, 6) is -3.80. The van der Waals surface area contributed by atoms with E-state index in [0.29, 0.717) is 6.42 Å². The lowest BCUT2D eigenvalue weighted by Crippen LogP contribution is -2.59. The molecule has 0 rings (SSSR count). The molecule has 0 amide bonds. The van der Waals surface area contributed by atoms with Crippen molar-refractivity contribution in [3.05, 3.63) is 0 Å². The molecular weight excluding hydrogens is 458 g/mol. The molecule has 0 aromatic carbocycles. The zero-order valence-electron chi connectivity index (χ0n) is 23.2. The van der Waals surface area contributed by atoms with E-state index in [1.807, 2.05) is 0 Å². The molecule has 212 valence electrons. The van der Waals surface area contributed by atoms with E-state index in [1.165, 1.54) is 109 Å². The number of aliphatic carboxylic acids is 3. The molecule has 0 unspecified atom stereocenters. The lowest BCUT2D eigenvalue weighted by molar-refractivity contribution is -0.909. The van der Waals surface area contributed by atoms with Gasteiger partial charge in [0, 0.05) is 0 Å². The van der Waals surface area contributed by atoms with Crippen LogP contribution >= 0.6 is 0 Å². The van der Waals surface area contributed by atoms with E-state index in [0.717, 1.165) is 19.3 Å². The largest absolute Gasteiger partial charge is 0.544 e. The smallest absolute Gasteiger partial charge is 0.359 e. The van der Waals surface area contributed by atoms with Gasteiger partial charge in [-0.2, -0.15) is 0 Å². The molecule has 0 aliphatic carbocycles. The molecule has 0 aliphatic rings.